The fourth-order valence-corrected chi connectivity index (χ4v) is 9.18. The minimum absolute atomic E-state index is 0.563. The Morgan fingerprint density at radius 3 is 1.56 bits per heavy atom. The van der Waals surface area contributed by atoms with E-state index in [0.29, 0.717) is 0 Å². The first-order valence-electron chi connectivity index (χ1n) is 19.6. The monoisotopic (exact) mass is 727 g/mol. The molecule has 10 aromatic rings. The first kappa shape index (κ1) is 33.0. The highest BCUT2D eigenvalue weighted by Crippen LogP contribution is 2.59. The zero-order valence-electron chi connectivity index (χ0n) is 31.2. The Balaban J connectivity index is 1.06. The molecule has 0 atom stereocenters. The van der Waals surface area contributed by atoms with Crippen LogP contribution in [0.2, 0.25) is 0 Å². The van der Waals surface area contributed by atoms with Gasteiger partial charge in [-0.05, 0) is 86.8 Å². The highest BCUT2D eigenvalue weighted by atomic mass is 16.3. The molecule has 1 aliphatic carbocycles. The molecule has 0 radical (unpaired) electrons. The fourth-order valence-electron chi connectivity index (χ4n) is 9.18. The van der Waals surface area contributed by atoms with Gasteiger partial charge >= 0.3 is 0 Å². The molecule has 0 N–H and O–H groups in total. The summed E-state index contributed by atoms with van der Waals surface area (Å²) in [4.78, 5) is 2.38. The third kappa shape index (κ3) is 5.26. The molecule has 2 nitrogen and oxygen atoms in total. The quantitative estimate of drug-likeness (QED) is 0.163. The maximum atomic E-state index is 6.76. The second-order valence-corrected chi connectivity index (χ2v) is 14.8. The SMILES string of the molecule is c1ccc(-c2ccc(N(c3ccc(-c4ccc5c(c4)C(c4ccccc4)(c4ccccc4)c4c-5oc5ccccc45)cc3)c3cccc4ccccc34)cc2)cc1. The van der Waals surface area contributed by atoms with Gasteiger partial charge in [0.15, 0.2) is 0 Å². The molecule has 2 heteroatoms. The summed E-state index contributed by atoms with van der Waals surface area (Å²) < 4.78 is 6.76. The molecular weight excluding hydrogens is 691 g/mol. The largest absolute Gasteiger partial charge is 0.456 e. The van der Waals surface area contributed by atoms with E-state index in [2.05, 4.69) is 229 Å². The predicted octanol–water partition coefficient (Wildman–Crippen LogP) is 14.8. The number of rotatable bonds is 7. The van der Waals surface area contributed by atoms with Crippen molar-refractivity contribution < 1.29 is 4.42 Å². The lowest BCUT2D eigenvalue weighted by molar-refractivity contribution is 0.628. The molecule has 0 aliphatic heterocycles. The van der Waals surface area contributed by atoms with Gasteiger partial charge in [0.25, 0.3) is 0 Å². The van der Waals surface area contributed by atoms with E-state index in [4.69, 9.17) is 4.42 Å². The van der Waals surface area contributed by atoms with Gasteiger partial charge in [0, 0.05) is 33.3 Å². The lowest BCUT2D eigenvalue weighted by Crippen LogP contribution is -2.28. The van der Waals surface area contributed by atoms with Crippen LogP contribution in [0, 0.1) is 0 Å². The number of benzene rings is 9. The lowest BCUT2D eigenvalue weighted by atomic mass is 9.67. The van der Waals surface area contributed by atoms with Gasteiger partial charge in [0.05, 0.1) is 11.1 Å². The Hall–Kier alpha value is -7.42. The highest BCUT2D eigenvalue weighted by Gasteiger charge is 2.49. The Morgan fingerprint density at radius 1 is 0.386 bits per heavy atom. The molecule has 1 heterocycles. The number of anilines is 3. The van der Waals surface area contributed by atoms with E-state index in [1.165, 1.54) is 44.2 Å². The Morgan fingerprint density at radius 2 is 0.895 bits per heavy atom. The molecule has 1 aliphatic rings. The van der Waals surface area contributed by atoms with Crippen molar-refractivity contribution in [2.24, 2.45) is 0 Å². The van der Waals surface area contributed by atoms with Gasteiger partial charge in [0.2, 0.25) is 0 Å². The molecule has 0 fully saturated rings. The van der Waals surface area contributed by atoms with Crippen LogP contribution < -0.4 is 4.90 Å². The van der Waals surface area contributed by atoms with Crippen LogP contribution in [0.3, 0.4) is 0 Å². The van der Waals surface area contributed by atoms with E-state index in [0.717, 1.165) is 50.5 Å². The predicted molar refractivity (Wildman–Crippen MR) is 237 cm³/mol. The minimum atomic E-state index is -0.563. The summed E-state index contributed by atoms with van der Waals surface area (Å²) in [6.07, 6.45) is 0. The maximum Gasteiger partial charge on any atom is 0.140 e. The molecule has 57 heavy (non-hydrogen) atoms. The van der Waals surface area contributed by atoms with Gasteiger partial charge < -0.3 is 9.32 Å². The number of para-hydroxylation sites is 1. The zero-order chi connectivity index (χ0) is 37.8. The second kappa shape index (κ2) is 13.4. The van der Waals surface area contributed by atoms with Crippen LogP contribution in [0.25, 0.3) is 55.3 Å². The second-order valence-electron chi connectivity index (χ2n) is 14.8. The summed E-state index contributed by atoms with van der Waals surface area (Å²) in [7, 11) is 0. The van der Waals surface area contributed by atoms with Crippen LogP contribution in [0.4, 0.5) is 17.1 Å². The van der Waals surface area contributed by atoms with Gasteiger partial charge in [-0.1, -0.05) is 182 Å². The highest BCUT2D eigenvalue weighted by molar-refractivity contribution is 6.00. The molecule has 268 valence electrons. The van der Waals surface area contributed by atoms with Crippen molar-refractivity contribution in [1.82, 2.24) is 0 Å². The molecule has 11 rings (SSSR count). The summed E-state index contributed by atoms with van der Waals surface area (Å²) in [6.45, 7) is 0. The number of furan rings is 1. The summed E-state index contributed by atoms with van der Waals surface area (Å²) in [6, 6.07) is 81.0. The van der Waals surface area contributed by atoms with E-state index < -0.39 is 5.41 Å². The standard InChI is InChI=1S/C55H37NO/c1-4-15-38(16-5-1)39-27-32-45(33-28-39)56(51-25-14-18-41-17-10-11-23-47(41)51)46-34-29-40(30-35-46)42-31-36-48-50(37-42)55(43-19-6-2-7-20-43,44-21-8-3-9-22-44)53-49-24-12-13-26-52(49)57-54(48)53/h1-37H. The average molecular weight is 728 g/mol. The molecule has 0 bridgehead atoms. The summed E-state index contributed by atoms with van der Waals surface area (Å²) >= 11 is 0. The van der Waals surface area contributed by atoms with Crippen molar-refractivity contribution >= 4 is 38.8 Å². The fraction of sp³-hybridized carbons (Fsp3) is 0.0182. The van der Waals surface area contributed by atoms with Crippen molar-refractivity contribution in [3.05, 3.63) is 247 Å². The van der Waals surface area contributed by atoms with Crippen molar-refractivity contribution in [2.45, 2.75) is 5.41 Å². The van der Waals surface area contributed by atoms with Crippen molar-refractivity contribution in [1.29, 1.82) is 0 Å². The van der Waals surface area contributed by atoms with Crippen LogP contribution in [0.1, 0.15) is 22.3 Å². The smallest absolute Gasteiger partial charge is 0.140 e. The first-order valence-corrected chi connectivity index (χ1v) is 19.6. The normalized spacial score (nSPS) is 12.7. The maximum absolute atomic E-state index is 6.76. The molecule has 0 saturated carbocycles. The van der Waals surface area contributed by atoms with Gasteiger partial charge in [0.1, 0.15) is 11.3 Å². The Labute approximate surface area is 332 Å². The van der Waals surface area contributed by atoms with Crippen LogP contribution in [0.15, 0.2) is 229 Å². The Bertz CT molecular complexity index is 2990. The van der Waals surface area contributed by atoms with Gasteiger partial charge in [-0.3, -0.25) is 0 Å². The van der Waals surface area contributed by atoms with E-state index in [1.807, 2.05) is 0 Å². The van der Waals surface area contributed by atoms with Gasteiger partial charge in [-0.25, -0.2) is 0 Å². The third-order valence-electron chi connectivity index (χ3n) is 11.8. The molecule has 1 aromatic heterocycles. The lowest BCUT2D eigenvalue weighted by Gasteiger charge is -2.33. The van der Waals surface area contributed by atoms with Crippen molar-refractivity contribution in [3.8, 4) is 33.6 Å². The van der Waals surface area contributed by atoms with E-state index >= 15 is 0 Å². The molecule has 9 aromatic carbocycles. The van der Waals surface area contributed by atoms with E-state index in [1.54, 1.807) is 0 Å². The number of hydrogen-bond acceptors (Lipinski definition) is 2. The molecule has 0 saturated heterocycles. The van der Waals surface area contributed by atoms with Crippen LogP contribution in [0.5, 0.6) is 0 Å². The van der Waals surface area contributed by atoms with Crippen molar-refractivity contribution in [3.63, 3.8) is 0 Å². The van der Waals surface area contributed by atoms with Gasteiger partial charge in [-0.2, -0.15) is 0 Å². The molecular formula is C55H37NO. The van der Waals surface area contributed by atoms with Crippen LogP contribution >= 0.6 is 0 Å². The number of hydrogen-bond donors (Lipinski definition) is 0. The topological polar surface area (TPSA) is 16.4 Å². The Kier molecular flexibility index (Phi) is 7.75. The number of nitrogens with zero attached hydrogens (tertiary/aromatic N) is 1. The van der Waals surface area contributed by atoms with Gasteiger partial charge in [-0.15, -0.1) is 0 Å². The number of fused-ring (bicyclic) bond motifs is 6. The molecule has 0 unspecified atom stereocenters. The average Bonchev–Trinajstić information content (AvgIpc) is 3.81. The third-order valence-corrected chi connectivity index (χ3v) is 11.8. The summed E-state index contributed by atoms with van der Waals surface area (Å²) in [5.41, 5.74) is 14.4. The van der Waals surface area contributed by atoms with Crippen LogP contribution in [-0.2, 0) is 5.41 Å². The summed E-state index contributed by atoms with van der Waals surface area (Å²) in [5, 5.41) is 3.56. The zero-order valence-corrected chi connectivity index (χ0v) is 31.2. The van der Waals surface area contributed by atoms with Crippen LogP contribution in [-0.4, -0.2) is 0 Å². The minimum Gasteiger partial charge on any atom is -0.456 e. The van der Waals surface area contributed by atoms with E-state index in [-0.39, 0.29) is 0 Å². The summed E-state index contributed by atoms with van der Waals surface area (Å²) in [5.74, 6) is 0.949. The first-order chi connectivity index (χ1) is 28.3. The van der Waals surface area contributed by atoms with E-state index in [9.17, 15) is 0 Å². The molecule has 0 spiro atoms. The van der Waals surface area contributed by atoms with Crippen molar-refractivity contribution in [2.75, 3.05) is 4.90 Å². The molecule has 0 amide bonds.